The van der Waals surface area contributed by atoms with Gasteiger partial charge in [-0.2, -0.15) is 13.2 Å². The van der Waals surface area contributed by atoms with E-state index in [1.54, 1.807) is 41.6 Å². The lowest BCUT2D eigenvalue weighted by molar-refractivity contribution is -0.189. The zero-order valence-electron chi connectivity index (χ0n) is 31.6. The van der Waals surface area contributed by atoms with Crippen LogP contribution in [0.5, 0.6) is 5.75 Å². The molecule has 0 aliphatic carbocycles. The quantitative estimate of drug-likeness (QED) is 0.0787. The number of piperidine rings is 2. The van der Waals surface area contributed by atoms with E-state index >= 15 is 0 Å². The van der Waals surface area contributed by atoms with Crippen molar-refractivity contribution >= 4 is 23.9 Å². The third-order valence-corrected chi connectivity index (χ3v) is 10.8. The van der Waals surface area contributed by atoms with Gasteiger partial charge in [0.05, 0.1) is 0 Å². The number of likely N-dealkylation sites (tertiary alicyclic amines) is 1. The number of esters is 1. The van der Waals surface area contributed by atoms with Crippen molar-refractivity contribution in [2.45, 2.75) is 64.1 Å². The smallest absolute Gasteiger partial charge is 0.420 e. The lowest BCUT2D eigenvalue weighted by atomic mass is 9.87. The molecule has 2 saturated heterocycles. The van der Waals surface area contributed by atoms with E-state index < -0.39 is 12.1 Å². The molecule has 294 valence electrons. The molecule has 1 aromatic heterocycles. The number of amides is 2. The van der Waals surface area contributed by atoms with Crippen molar-refractivity contribution in [2.24, 2.45) is 11.8 Å². The molecule has 11 heteroatoms. The number of nitrogens with zero attached hydrogens (tertiary/aromatic N) is 3. The first-order valence-electron chi connectivity index (χ1n) is 19.5. The Bertz CT molecular complexity index is 1940. The first-order valence-corrected chi connectivity index (χ1v) is 19.5. The van der Waals surface area contributed by atoms with E-state index in [-0.39, 0.29) is 24.1 Å². The average Bonchev–Trinajstić information content (AvgIpc) is 3.22. The van der Waals surface area contributed by atoms with Crippen LogP contribution in [0.3, 0.4) is 0 Å². The summed E-state index contributed by atoms with van der Waals surface area (Å²) in [7, 11) is 0. The minimum absolute atomic E-state index is 0.0554. The summed E-state index contributed by atoms with van der Waals surface area (Å²) in [4.78, 5) is 46.3. The van der Waals surface area contributed by atoms with Crippen LogP contribution in [0.4, 0.5) is 13.2 Å². The third kappa shape index (κ3) is 11.9. The van der Waals surface area contributed by atoms with E-state index in [0.29, 0.717) is 24.4 Å². The number of alkyl halides is 3. The van der Waals surface area contributed by atoms with Gasteiger partial charge in [-0.25, -0.2) is 4.79 Å². The third-order valence-electron chi connectivity index (χ3n) is 10.8. The second-order valence-corrected chi connectivity index (χ2v) is 14.8. The minimum atomic E-state index is -5.09. The first-order chi connectivity index (χ1) is 27.1. The van der Waals surface area contributed by atoms with Gasteiger partial charge in [-0.1, -0.05) is 67.8 Å². The van der Waals surface area contributed by atoms with Crippen molar-refractivity contribution in [3.05, 3.63) is 126 Å². The summed E-state index contributed by atoms with van der Waals surface area (Å²) in [5.41, 5.74) is 4.90. The van der Waals surface area contributed by atoms with Crippen molar-refractivity contribution in [3.63, 3.8) is 0 Å². The molecular formula is C45H49F3N4O4. The lowest BCUT2D eigenvalue weighted by Gasteiger charge is -2.32. The van der Waals surface area contributed by atoms with Crippen LogP contribution >= 0.6 is 0 Å². The van der Waals surface area contributed by atoms with E-state index in [1.807, 2.05) is 59.5 Å². The zero-order valence-corrected chi connectivity index (χ0v) is 31.6. The number of benzene rings is 3. The Kier molecular flexibility index (Phi) is 14.1. The van der Waals surface area contributed by atoms with E-state index in [2.05, 4.69) is 15.0 Å². The van der Waals surface area contributed by atoms with Crippen LogP contribution in [-0.4, -0.2) is 71.5 Å². The van der Waals surface area contributed by atoms with Gasteiger partial charge in [0.2, 0.25) is 5.91 Å². The lowest BCUT2D eigenvalue weighted by Crippen LogP contribution is -2.38. The fraction of sp³-hybridized carbons (Fsp3) is 0.378. The van der Waals surface area contributed by atoms with E-state index in [0.717, 1.165) is 72.8 Å². The van der Waals surface area contributed by atoms with Gasteiger partial charge in [0.25, 0.3) is 5.91 Å². The molecule has 0 bridgehead atoms. The van der Waals surface area contributed by atoms with Gasteiger partial charge < -0.3 is 19.9 Å². The average molecular weight is 767 g/mol. The Hall–Kier alpha value is -5.29. The first kappa shape index (κ1) is 40.4. The van der Waals surface area contributed by atoms with Gasteiger partial charge in [0.15, 0.2) is 0 Å². The molecule has 0 saturated carbocycles. The topological polar surface area (TPSA) is 91.8 Å². The molecule has 0 atom stereocenters. The largest absolute Gasteiger partial charge is 0.491 e. The molecule has 0 radical (unpaired) electrons. The second-order valence-electron chi connectivity index (χ2n) is 14.8. The maximum atomic E-state index is 13.7. The molecule has 2 amide bonds. The zero-order chi connectivity index (χ0) is 39.3. The number of ether oxygens (including phenoxy) is 1. The second kappa shape index (κ2) is 19.5. The monoisotopic (exact) mass is 766 g/mol. The van der Waals surface area contributed by atoms with Gasteiger partial charge in [0, 0.05) is 50.2 Å². The number of pyridine rings is 1. The van der Waals surface area contributed by atoms with Crippen LogP contribution in [0.25, 0.3) is 17.2 Å². The van der Waals surface area contributed by atoms with E-state index in [4.69, 9.17) is 0 Å². The Labute approximate surface area is 326 Å². The number of aromatic nitrogens is 1. The summed E-state index contributed by atoms with van der Waals surface area (Å²) in [6.07, 6.45) is 10.3. The SMILES string of the molecule is O=C(/C=C/c1cccnc1)N(CCc1ccc(OC(=O)C(F)(F)F)cc1)Cc1cccc(-c2cccc(C(=O)N3CCC(CCCC4CCNCC4)CC3)c2)c1. The molecule has 6 rings (SSSR count). The fourth-order valence-electron chi connectivity index (χ4n) is 7.54. The van der Waals surface area contributed by atoms with Crippen molar-refractivity contribution in [2.75, 3.05) is 32.7 Å². The summed E-state index contributed by atoms with van der Waals surface area (Å²) in [5, 5.41) is 3.45. The number of hydrogen-bond acceptors (Lipinski definition) is 6. The van der Waals surface area contributed by atoms with Gasteiger partial charge in [-0.15, -0.1) is 0 Å². The molecule has 0 spiro atoms. The van der Waals surface area contributed by atoms with Crippen LogP contribution in [-0.2, 0) is 22.6 Å². The van der Waals surface area contributed by atoms with Gasteiger partial charge >= 0.3 is 12.1 Å². The number of hydrogen-bond donors (Lipinski definition) is 1. The van der Waals surface area contributed by atoms with Gasteiger partial charge in [0.1, 0.15) is 5.75 Å². The molecule has 2 aliphatic rings. The van der Waals surface area contributed by atoms with E-state index in [9.17, 15) is 27.6 Å². The maximum Gasteiger partial charge on any atom is 0.491 e. The van der Waals surface area contributed by atoms with Crippen LogP contribution in [0.2, 0.25) is 0 Å². The maximum absolute atomic E-state index is 13.7. The highest BCUT2D eigenvalue weighted by molar-refractivity contribution is 5.95. The number of halogens is 3. The Balaban J connectivity index is 1.08. The highest BCUT2D eigenvalue weighted by Gasteiger charge is 2.41. The van der Waals surface area contributed by atoms with E-state index in [1.165, 1.54) is 50.3 Å². The minimum Gasteiger partial charge on any atom is -0.420 e. The van der Waals surface area contributed by atoms with Gasteiger partial charge in [-0.3, -0.25) is 14.6 Å². The molecular weight excluding hydrogens is 718 g/mol. The molecule has 0 unspecified atom stereocenters. The molecule has 2 aliphatic heterocycles. The van der Waals surface area contributed by atoms with Crippen molar-refractivity contribution in [1.82, 2.24) is 20.1 Å². The fourth-order valence-corrected chi connectivity index (χ4v) is 7.54. The van der Waals surface area contributed by atoms with Crippen LogP contribution < -0.4 is 10.1 Å². The number of carbonyl (C=O) groups excluding carboxylic acids is 3. The predicted octanol–water partition coefficient (Wildman–Crippen LogP) is 8.52. The van der Waals surface area contributed by atoms with Crippen LogP contribution in [0, 0.1) is 11.8 Å². The van der Waals surface area contributed by atoms with Gasteiger partial charge in [-0.05, 0) is 127 Å². The summed E-state index contributed by atoms with van der Waals surface area (Å²) >= 11 is 0. The summed E-state index contributed by atoms with van der Waals surface area (Å²) in [6.45, 7) is 4.45. The standard InChI is InChI=1S/C45H49F3N4O4/c46-45(47,48)44(55)56-41-15-12-35(13-16-41)22-28-52(42(53)17-14-36-8-4-23-50-31-36)32-37-7-2-9-38(29-37)39-10-3-11-40(30-39)43(54)51-26-20-34(21-27-51)6-1-5-33-18-24-49-25-19-33/h2-4,7-17,23,29-31,33-34,49H,1,5-6,18-22,24-28,32H2/b17-14+. The van der Waals surface area contributed by atoms with Crippen molar-refractivity contribution in [3.8, 4) is 16.9 Å². The molecule has 3 heterocycles. The normalized spacial score (nSPS) is 15.5. The Morgan fingerprint density at radius 2 is 1.54 bits per heavy atom. The molecule has 8 nitrogen and oxygen atoms in total. The molecule has 2 fully saturated rings. The number of carbonyl (C=O) groups is 3. The summed E-state index contributed by atoms with van der Waals surface area (Å²) in [5.74, 6) is -1.13. The summed E-state index contributed by atoms with van der Waals surface area (Å²) in [6, 6.07) is 25.0. The molecule has 3 aromatic carbocycles. The number of nitrogens with one attached hydrogen (secondary N) is 1. The molecule has 4 aromatic rings. The van der Waals surface area contributed by atoms with Crippen molar-refractivity contribution in [1.29, 1.82) is 0 Å². The Morgan fingerprint density at radius 1 is 0.839 bits per heavy atom. The van der Waals surface area contributed by atoms with Crippen molar-refractivity contribution < 1.29 is 32.3 Å². The summed E-state index contributed by atoms with van der Waals surface area (Å²) < 4.78 is 42.3. The predicted molar refractivity (Wildman–Crippen MR) is 210 cm³/mol. The highest BCUT2D eigenvalue weighted by atomic mass is 19.4. The highest BCUT2D eigenvalue weighted by Crippen LogP contribution is 2.28. The van der Waals surface area contributed by atoms with Crippen LogP contribution in [0.1, 0.15) is 72.0 Å². The number of rotatable bonds is 14. The van der Waals surface area contributed by atoms with Crippen LogP contribution in [0.15, 0.2) is 103 Å². The Morgan fingerprint density at radius 3 is 2.23 bits per heavy atom. The molecule has 1 N–H and O–H groups in total. The molecule has 56 heavy (non-hydrogen) atoms.